The van der Waals surface area contributed by atoms with Gasteiger partial charge in [0.25, 0.3) is 0 Å². The fourth-order valence-electron chi connectivity index (χ4n) is 1.77. The van der Waals surface area contributed by atoms with Crippen molar-refractivity contribution in [2.24, 2.45) is 0 Å². The van der Waals surface area contributed by atoms with Crippen LogP contribution in [0, 0.1) is 0 Å². The predicted octanol–water partition coefficient (Wildman–Crippen LogP) is 3.04. The van der Waals surface area contributed by atoms with Crippen molar-refractivity contribution in [2.45, 2.75) is 19.6 Å². The van der Waals surface area contributed by atoms with Gasteiger partial charge in [-0.3, -0.25) is 4.79 Å². The van der Waals surface area contributed by atoms with Crippen molar-refractivity contribution in [2.75, 3.05) is 0 Å². The van der Waals surface area contributed by atoms with Crippen LogP contribution in [0.15, 0.2) is 42.6 Å². The van der Waals surface area contributed by atoms with Crippen molar-refractivity contribution in [3.8, 4) is 5.75 Å². The highest BCUT2D eigenvalue weighted by Crippen LogP contribution is 2.16. The molecule has 0 bridgehead atoms. The van der Waals surface area contributed by atoms with E-state index in [0.29, 0.717) is 0 Å². The second-order valence-corrected chi connectivity index (χ2v) is 4.40. The van der Waals surface area contributed by atoms with E-state index in [1.807, 2.05) is 0 Å². The zero-order chi connectivity index (χ0) is 16.1. The molecule has 1 heterocycles. The summed E-state index contributed by atoms with van der Waals surface area (Å²) in [7, 11) is 0. The number of rotatable bonds is 6. The van der Waals surface area contributed by atoms with Crippen LogP contribution >= 0.6 is 0 Å². The van der Waals surface area contributed by atoms with Crippen LogP contribution in [-0.2, 0) is 4.74 Å². The number of aromatic nitrogens is 1. The first-order valence-corrected chi connectivity index (χ1v) is 6.41. The molecule has 1 aromatic carbocycles. The van der Waals surface area contributed by atoms with Gasteiger partial charge in [0.1, 0.15) is 11.4 Å². The van der Waals surface area contributed by atoms with Crippen molar-refractivity contribution in [1.82, 2.24) is 4.98 Å². The lowest BCUT2D eigenvalue weighted by Crippen LogP contribution is -2.24. The van der Waals surface area contributed by atoms with Gasteiger partial charge in [0.15, 0.2) is 6.10 Å². The van der Waals surface area contributed by atoms with Gasteiger partial charge < -0.3 is 14.5 Å². The predicted molar refractivity (Wildman–Crippen MR) is 73.1 cm³/mol. The number of ketones is 1. The van der Waals surface area contributed by atoms with Gasteiger partial charge >= 0.3 is 12.6 Å². The largest absolute Gasteiger partial charge is 0.450 e. The lowest BCUT2D eigenvalue weighted by molar-refractivity contribution is -0.0498. The van der Waals surface area contributed by atoms with Crippen LogP contribution in [0.4, 0.5) is 8.78 Å². The summed E-state index contributed by atoms with van der Waals surface area (Å²) in [4.78, 5) is 26.5. The minimum absolute atomic E-state index is 0.0532. The van der Waals surface area contributed by atoms with Gasteiger partial charge in [-0.15, -0.1) is 0 Å². The number of ether oxygens (including phenoxy) is 2. The molecule has 1 aromatic heterocycles. The molecular weight excluding hydrogens is 296 g/mol. The van der Waals surface area contributed by atoms with Crippen molar-refractivity contribution >= 4 is 11.8 Å². The third-order valence-corrected chi connectivity index (χ3v) is 2.83. The maximum absolute atomic E-state index is 12.1. The molecule has 5 nitrogen and oxygen atoms in total. The third kappa shape index (κ3) is 3.91. The summed E-state index contributed by atoms with van der Waals surface area (Å²) < 4.78 is 33.3. The average Bonchev–Trinajstić information content (AvgIpc) is 3.01. The molecule has 0 radical (unpaired) electrons. The van der Waals surface area contributed by atoms with E-state index >= 15 is 0 Å². The zero-order valence-corrected chi connectivity index (χ0v) is 11.6. The SMILES string of the molecule is C[C@@H](OC(=O)c1ccc[nH]1)C(=O)c1ccc(OC(F)F)cc1. The number of hydrogen-bond donors (Lipinski definition) is 1. The molecule has 0 spiro atoms. The van der Waals surface area contributed by atoms with Crippen LogP contribution in [0.1, 0.15) is 27.8 Å². The smallest absolute Gasteiger partial charge is 0.387 e. The summed E-state index contributed by atoms with van der Waals surface area (Å²) in [5.74, 6) is -1.14. The normalized spacial score (nSPS) is 12.0. The maximum Gasteiger partial charge on any atom is 0.387 e. The number of alkyl halides is 2. The second kappa shape index (κ2) is 6.84. The van der Waals surface area contributed by atoms with Crippen molar-refractivity contribution < 1.29 is 27.8 Å². The van der Waals surface area contributed by atoms with Gasteiger partial charge in [-0.1, -0.05) is 0 Å². The molecular formula is C15H13F2NO4. The Labute approximate surface area is 124 Å². The molecule has 0 saturated carbocycles. The molecule has 116 valence electrons. The molecule has 0 aliphatic carbocycles. The fraction of sp³-hybridized carbons (Fsp3) is 0.200. The summed E-state index contributed by atoms with van der Waals surface area (Å²) >= 11 is 0. The van der Waals surface area contributed by atoms with Crippen molar-refractivity contribution in [3.63, 3.8) is 0 Å². The number of nitrogens with one attached hydrogen (secondary N) is 1. The first-order valence-electron chi connectivity index (χ1n) is 6.41. The van der Waals surface area contributed by atoms with Crippen LogP contribution < -0.4 is 4.74 Å². The minimum Gasteiger partial charge on any atom is -0.450 e. The summed E-state index contributed by atoms with van der Waals surface area (Å²) in [6, 6.07) is 8.32. The standard InChI is InChI=1S/C15H13F2NO4/c1-9(21-14(20)12-3-2-8-18-12)13(19)10-4-6-11(7-5-10)22-15(16)17/h2-9,15,18H,1H3/t9-/m1/s1. The number of Topliss-reactive ketones (excluding diaryl/α,β-unsaturated/α-hetero) is 1. The third-order valence-electron chi connectivity index (χ3n) is 2.83. The van der Waals surface area contributed by atoms with Gasteiger partial charge in [0, 0.05) is 11.8 Å². The Kier molecular flexibility index (Phi) is 4.88. The molecule has 0 aliphatic heterocycles. The molecule has 1 N–H and O–H groups in total. The number of carbonyl (C=O) groups excluding carboxylic acids is 2. The van der Waals surface area contributed by atoms with Crippen LogP contribution in [0.2, 0.25) is 0 Å². The highest BCUT2D eigenvalue weighted by atomic mass is 19.3. The number of benzene rings is 1. The fourth-order valence-corrected chi connectivity index (χ4v) is 1.77. The van der Waals surface area contributed by atoms with Gasteiger partial charge in [0.2, 0.25) is 5.78 Å². The maximum atomic E-state index is 12.1. The quantitative estimate of drug-likeness (QED) is 0.658. The van der Waals surface area contributed by atoms with E-state index in [9.17, 15) is 18.4 Å². The van der Waals surface area contributed by atoms with E-state index in [-0.39, 0.29) is 17.0 Å². The molecule has 7 heteroatoms. The van der Waals surface area contributed by atoms with Crippen LogP contribution in [0.3, 0.4) is 0 Å². The Bertz CT molecular complexity index is 638. The molecule has 1 atom stereocenters. The molecule has 2 rings (SSSR count). The molecule has 2 aromatic rings. The van der Waals surface area contributed by atoms with Gasteiger partial charge in [-0.2, -0.15) is 8.78 Å². The average molecular weight is 309 g/mol. The molecule has 22 heavy (non-hydrogen) atoms. The number of carbonyl (C=O) groups is 2. The topological polar surface area (TPSA) is 68.4 Å². The summed E-state index contributed by atoms with van der Waals surface area (Å²) in [6.45, 7) is -1.49. The number of H-pyrrole nitrogens is 1. The summed E-state index contributed by atoms with van der Waals surface area (Å²) in [6.07, 6.45) is 0.558. The lowest BCUT2D eigenvalue weighted by Gasteiger charge is -2.12. The molecule has 0 saturated heterocycles. The zero-order valence-electron chi connectivity index (χ0n) is 11.6. The number of hydrogen-bond acceptors (Lipinski definition) is 4. The highest BCUT2D eigenvalue weighted by molar-refractivity contribution is 6.01. The molecule has 0 aliphatic rings. The van der Waals surface area contributed by atoms with E-state index in [1.165, 1.54) is 37.3 Å². The van der Waals surface area contributed by atoms with Crippen LogP contribution in [-0.4, -0.2) is 29.5 Å². The first kappa shape index (κ1) is 15.7. The number of esters is 1. The van der Waals surface area contributed by atoms with E-state index in [0.717, 1.165) is 0 Å². The molecule has 0 amide bonds. The minimum atomic E-state index is -2.93. The van der Waals surface area contributed by atoms with Gasteiger partial charge in [0.05, 0.1) is 0 Å². The monoisotopic (exact) mass is 309 g/mol. The van der Waals surface area contributed by atoms with Crippen molar-refractivity contribution in [1.29, 1.82) is 0 Å². The van der Waals surface area contributed by atoms with E-state index in [2.05, 4.69) is 9.72 Å². The van der Waals surface area contributed by atoms with E-state index < -0.39 is 24.5 Å². The molecule has 0 unspecified atom stereocenters. The van der Waals surface area contributed by atoms with Gasteiger partial charge in [-0.05, 0) is 43.3 Å². The lowest BCUT2D eigenvalue weighted by atomic mass is 10.1. The molecule has 0 fully saturated rings. The first-order chi connectivity index (χ1) is 10.5. The van der Waals surface area contributed by atoms with Crippen molar-refractivity contribution in [3.05, 3.63) is 53.9 Å². The Morgan fingerprint density at radius 1 is 1.14 bits per heavy atom. The summed E-state index contributed by atoms with van der Waals surface area (Å²) in [5.41, 5.74) is 0.466. The number of aromatic amines is 1. The Morgan fingerprint density at radius 2 is 1.82 bits per heavy atom. The number of halogens is 2. The second-order valence-electron chi connectivity index (χ2n) is 4.40. The van der Waals surface area contributed by atoms with Crippen LogP contribution in [0.25, 0.3) is 0 Å². The Balaban J connectivity index is 1.99. The Morgan fingerprint density at radius 3 is 2.36 bits per heavy atom. The van der Waals surface area contributed by atoms with Gasteiger partial charge in [-0.25, -0.2) is 4.79 Å². The highest BCUT2D eigenvalue weighted by Gasteiger charge is 2.21. The van der Waals surface area contributed by atoms with E-state index in [4.69, 9.17) is 4.74 Å². The van der Waals surface area contributed by atoms with E-state index in [1.54, 1.807) is 12.3 Å². The van der Waals surface area contributed by atoms with Crippen LogP contribution in [0.5, 0.6) is 5.75 Å². The summed E-state index contributed by atoms with van der Waals surface area (Å²) in [5, 5.41) is 0. The Hall–Kier alpha value is -2.70.